The number of carbonyl (C=O) groups is 2. The first-order chi connectivity index (χ1) is 13.7. The van der Waals surface area contributed by atoms with Gasteiger partial charge in [0.15, 0.2) is 0 Å². The maximum atomic E-state index is 12.6. The first kappa shape index (κ1) is 18.6. The lowest BCUT2D eigenvalue weighted by Gasteiger charge is -2.34. The average molecular weight is 379 g/mol. The smallest absolute Gasteiger partial charge is 0.260 e. The van der Waals surface area contributed by atoms with E-state index in [1.54, 1.807) is 12.4 Å². The number of carbonyl (C=O) groups excluding carboxylic acids is 2. The van der Waals surface area contributed by atoms with Crippen molar-refractivity contribution in [1.82, 2.24) is 19.8 Å². The summed E-state index contributed by atoms with van der Waals surface area (Å²) in [4.78, 5) is 39.6. The molecule has 1 aromatic carbocycles. The van der Waals surface area contributed by atoms with Crippen LogP contribution in [0.25, 0.3) is 0 Å². The number of amides is 2. The Morgan fingerprint density at radius 3 is 2.36 bits per heavy atom. The number of hydrogen-bond donors (Lipinski definition) is 0. The minimum Gasteiger partial charge on any atom is -0.338 e. The molecule has 0 spiro atoms. The Balaban J connectivity index is 1.21. The zero-order chi connectivity index (χ0) is 19.3. The number of fused-ring (bicyclic) bond motifs is 1. The lowest BCUT2D eigenvalue weighted by molar-refractivity contribution is -0.128. The third-order valence-corrected chi connectivity index (χ3v) is 5.45. The van der Waals surface area contributed by atoms with E-state index in [4.69, 9.17) is 0 Å². The maximum Gasteiger partial charge on any atom is 0.260 e. The van der Waals surface area contributed by atoms with Crippen molar-refractivity contribution < 1.29 is 9.59 Å². The Hall–Kier alpha value is -2.80. The number of piperazine rings is 1. The van der Waals surface area contributed by atoms with Gasteiger partial charge in [-0.05, 0) is 37.1 Å². The number of anilines is 1. The largest absolute Gasteiger partial charge is 0.338 e. The van der Waals surface area contributed by atoms with Gasteiger partial charge >= 0.3 is 0 Å². The van der Waals surface area contributed by atoms with Gasteiger partial charge in [0.1, 0.15) is 0 Å². The molecule has 2 amide bonds. The molecule has 0 saturated carbocycles. The van der Waals surface area contributed by atoms with Crippen molar-refractivity contribution in [3.63, 3.8) is 0 Å². The highest BCUT2D eigenvalue weighted by atomic mass is 16.2. The molecule has 1 aromatic heterocycles. The summed E-state index contributed by atoms with van der Waals surface area (Å²) in [5.74, 6) is 0.563. The highest BCUT2D eigenvalue weighted by Gasteiger charge is 2.30. The topological polar surface area (TPSA) is 69.6 Å². The van der Waals surface area contributed by atoms with Gasteiger partial charge in [-0.15, -0.1) is 0 Å². The van der Waals surface area contributed by atoms with Crippen LogP contribution in [0.3, 0.4) is 0 Å². The number of imide groups is 1. The van der Waals surface area contributed by atoms with E-state index >= 15 is 0 Å². The first-order valence-corrected chi connectivity index (χ1v) is 9.89. The minimum atomic E-state index is -0.150. The molecule has 0 atom stereocenters. The molecule has 146 valence electrons. The van der Waals surface area contributed by atoms with Gasteiger partial charge in [0, 0.05) is 50.7 Å². The second-order valence-corrected chi connectivity index (χ2v) is 7.27. The predicted molar refractivity (Wildman–Crippen MR) is 106 cm³/mol. The van der Waals surface area contributed by atoms with Crippen LogP contribution in [0.2, 0.25) is 0 Å². The second kappa shape index (κ2) is 8.48. The molecule has 2 aromatic rings. The molecule has 2 aliphatic rings. The Morgan fingerprint density at radius 1 is 0.857 bits per heavy atom. The summed E-state index contributed by atoms with van der Waals surface area (Å²) in [6.45, 7) is 5.29. The quantitative estimate of drug-likeness (QED) is 0.561. The van der Waals surface area contributed by atoms with Crippen molar-refractivity contribution in [3.05, 3.63) is 53.9 Å². The van der Waals surface area contributed by atoms with Crippen LogP contribution in [-0.4, -0.2) is 70.9 Å². The number of benzene rings is 1. The molecule has 0 radical (unpaired) electrons. The van der Waals surface area contributed by atoms with Crippen molar-refractivity contribution in [2.75, 3.05) is 44.2 Å². The van der Waals surface area contributed by atoms with Crippen molar-refractivity contribution >= 4 is 17.8 Å². The van der Waals surface area contributed by atoms with Crippen LogP contribution in [0.5, 0.6) is 0 Å². The Labute approximate surface area is 165 Å². The van der Waals surface area contributed by atoms with Crippen molar-refractivity contribution in [1.29, 1.82) is 0 Å². The van der Waals surface area contributed by atoms with Crippen LogP contribution in [0.4, 0.5) is 5.95 Å². The fourth-order valence-corrected chi connectivity index (χ4v) is 3.86. The van der Waals surface area contributed by atoms with Crippen LogP contribution in [0, 0.1) is 0 Å². The SMILES string of the molecule is O=C1Cc2ccccc2C(=O)N1CCCCN1CCN(c2ncccn2)CC1. The van der Waals surface area contributed by atoms with E-state index in [0.717, 1.165) is 57.1 Å². The predicted octanol–water partition coefficient (Wildman–Crippen LogP) is 1.60. The third kappa shape index (κ3) is 4.04. The van der Waals surface area contributed by atoms with Crippen LogP contribution in [0.1, 0.15) is 28.8 Å². The molecule has 0 aliphatic carbocycles. The minimum absolute atomic E-state index is 0.0832. The van der Waals surface area contributed by atoms with E-state index in [1.807, 2.05) is 30.3 Å². The van der Waals surface area contributed by atoms with Gasteiger partial charge in [-0.2, -0.15) is 0 Å². The van der Waals surface area contributed by atoms with E-state index in [-0.39, 0.29) is 11.8 Å². The molecular formula is C21H25N5O2. The molecule has 0 N–H and O–H groups in total. The van der Waals surface area contributed by atoms with Crippen molar-refractivity contribution in [2.45, 2.75) is 19.3 Å². The van der Waals surface area contributed by atoms with Gasteiger partial charge in [0.2, 0.25) is 11.9 Å². The number of aromatic nitrogens is 2. The molecule has 28 heavy (non-hydrogen) atoms. The normalized spacial score (nSPS) is 17.7. The molecule has 1 fully saturated rings. The van der Waals surface area contributed by atoms with Gasteiger partial charge in [-0.25, -0.2) is 9.97 Å². The summed E-state index contributed by atoms with van der Waals surface area (Å²) in [6.07, 6.45) is 5.68. The molecule has 0 bridgehead atoms. The van der Waals surface area contributed by atoms with Crippen molar-refractivity contribution in [3.8, 4) is 0 Å². The molecule has 2 aliphatic heterocycles. The van der Waals surface area contributed by atoms with E-state index < -0.39 is 0 Å². The molecule has 7 heteroatoms. The summed E-state index contributed by atoms with van der Waals surface area (Å²) >= 11 is 0. The molecule has 3 heterocycles. The van der Waals surface area contributed by atoms with Gasteiger partial charge in [0.25, 0.3) is 5.91 Å². The standard InChI is InChI=1S/C21H25N5O2/c27-19-16-17-6-1-2-7-18(17)20(28)26(19)11-4-3-10-24-12-14-25(15-13-24)21-22-8-5-9-23-21/h1-2,5-9H,3-4,10-16H2. The number of nitrogens with zero attached hydrogens (tertiary/aromatic N) is 5. The zero-order valence-electron chi connectivity index (χ0n) is 16.0. The Kier molecular flexibility index (Phi) is 5.62. The highest BCUT2D eigenvalue weighted by Crippen LogP contribution is 2.20. The lowest BCUT2D eigenvalue weighted by atomic mass is 9.98. The van der Waals surface area contributed by atoms with Crippen LogP contribution < -0.4 is 4.90 Å². The Morgan fingerprint density at radius 2 is 1.57 bits per heavy atom. The van der Waals surface area contributed by atoms with Gasteiger partial charge < -0.3 is 4.90 Å². The number of unbranched alkanes of at least 4 members (excludes halogenated alkanes) is 1. The highest BCUT2D eigenvalue weighted by molar-refractivity contribution is 6.09. The lowest BCUT2D eigenvalue weighted by Crippen LogP contribution is -2.47. The van der Waals surface area contributed by atoms with Crippen LogP contribution in [0.15, 0.2) is 42.7 Å². The summed E-state index contributed by atoms with van der Waals surface area (Å²) in [6, 6.07) is 9.23. The Bertz CT molecular complexity index is 834. The van der Waals surface area contributed by atoms with E-state index in [2.05, 4.69) is 19.8 Å². The third-order valence-electron chi connectivity index (χ3n) is 5.45. The van der Waals surface area contributed by atoms with Crippen LogP contribution >= 0.6 is 0 Å². The fourth-order valence-electron chi connectivity index (χ4n) is 3.86. The monoisotopic (exact) mass is 379 g/mol. The van der Waals surface area contributed by atoms with Gasteiger partial charge in [-0.1, -0.05) is 18.2 Å². The summed E-state index contributed by atoms with van der Waals surface area (Å²) in [5, 5.41) is 0. The summed E-state index contributed by atoms with van der Waals surface area (Å²) in [5.41, 5.74) is 1.51. The van der Waals surface area contributed by atoms with Gasteiger partial charge in [-0.3, -0.25) is 19.4 Å². The molecule has 0 unspecified atom stereocenters. The van der Waals surface area contributed by atoms with E-state index in [9.17, 15) is 9.59 Å². The number of rotatable bonds is 6. The average Bonchev–Trinajstić information content (AvgIpc) is 2.74. The fraction of sp³-hybridized carbons (Fsp3) is 0.429. The molecular weight excluding hydrogens is 354 g/mol. The summed E-state index contributed by atoms with van der Waals surface area (Å²) < 4.78 is 0. The second-order valence-electron chi connectivity index (χ2n) is 7.27. The maximum absolute atomic E-state index is 12.6. The molecule has 4 rings (SSSR count). The summed E-state index contributed by atoms with van der Waals surface area (Å²) in [7, 11) is 0. The molecule has 1 saturated heterocycles. The van der Waals surface area contributed by atoms with Crippen LogP contribution in [-0.2, 0) is 11.2 Å². The first-order valence-electron chi connectivity index (χ1n) is 9.89. The zero-order valence-corrected chi connectivity index (χ0v) is 16.0. The van der Waals surface area contributed by atoms with Gasteiger partial charge in [0.05, 0.1) is 6.42 Å². The molecule has 7 nitrogen and oxygen atoms in total. The van der Waals surface area contributed by atoms with E-state index in [1.165, 1.54) is 4.90 Å². The van der Waals surface area contributed by atoms with Crippen molar-refractivity contribution in [2.24, 2.45) is 0 Å². The van der Waals surface area contributed by atoms with E-state index in [0.29, 0.717) is 18.5 Å². The number of hydrogen-bond acceptors (Lipinski definition) is 6.